The fraction of sp³-hybridized carbons (Fsp3) is 0.917. The van der Waals surface area contributed by atoms with Gasteiger partial charge in [-0.25, -0.2) is 0 Å². The molecule has 3 heteroatoms. The SMILES string of the molecule is CC(C(=O)N[C@H]1CCCC[C@@H]1O)C1CC1. The zero-order valence-electron chi connectivity index (χ0n) is 9.41. The van der Waals surface area contributed by atoms with E-state index in [2.05, 4.69) is 5.32 Å². The summed E-state index contributed by atoms with van der Waals surface area (Å²) < 4.78 is 0. The number of hydrogen-bond donors (Lipinski definition) is 2. The molecule has 0 saturated heterocycles. The summed E-state index contributed by atoms with van der Waals surface area (Å²) in [4.78, 5) is 11.8. The third-order valence-corrected chi connectivity index (χ3v) is 3.80. The Morgan fingerprint density at radius 2 is 1.93 bits per heavy atom. The van der Waals surface area contributed by atoms with Crippen molar-refractivity contribution in [3.8, 4) is 0 Å². The van der Waals surface area contributed by atoms with Crippen LogP contribution in [-0.2, 0) is 4.79 Å². The number of amides is 1. The van der Waals surface area contributed by atoms with Crippen LogP contribution in [0.5, 0.6) is 0 Å². The van der Waals surface area contributed by atoms with Gasteiger partial charge in [-0.1, -0.05) is 19.8 Å². The Labute approximate surface area is 91.2 Å². The van der Waals surface area contributed by atoms with Gasteiger partial charge >= 0.3 is 0 Å². The number of hydrogen-bond acceptors (Lipinski definition) is 2. The molecule has 2 aliphatic carbocycles. The molecule has 0 aromatic rings. The standard InChI is InChI=1S/C12H21NO2/c1-8(9-6-7-9)12(15)13-10-4-2-3-5-11(10)14/h8-11,14H,2-7H2,1H3,(H,13,15)/t8?,10-,11-/m0/s1. The first-order valence-corrected chi connectivity index (χ1v) is 6.17. The van der Waals surface area contributed by atoms with Gasteiger partial charge in [0.2, 0.25) is 5.91 Å². The minimum atomic E-state index is -0.325. The maximum absolute atomic E-state index is 11.8. The van der Waals surface area contributed by atoms with E-state index in [-0.39, 0.29) is 24.0 Å². The molecule has 0 aromatic carbocycles. The van der Waals surface area contributed by atoms with Gasteiger partial charge < -0.3 is 10.4 Å². The van der Waals surface area contributed by atoms with Gasteiger partial charge in [0.15, 0.2) is 0 Å². The molecule has 0 spiro atoms. The minimum absolute atomic E-state index is 0.00690. The summed E-state index contributed by atoms with van der Waals surface area (Å²) in [5, 5.41) is 12.7. The maximum atomic E-state index is 11.8. The van der Waals surface area contributed by atoms with Gasteiger partial charge in [-0.3, -0.25) is 4.79 Å². The number of carbonyl (C=O) groups is 1. The van der Waals surface area contributed by atoms with E-state index in [0.29, 0.717) is 5.92 Å². The molecule has 2 rings (SSSR count). The van der Waals surface area contributed by atoms with Crippen molar-refractivity contribution < 1.29 is 9.90 Å². The predicted molar refractivity (Wildman–Crippen MR) is 58.3 cm³/mol. The van der Waals surface area contributed by atoms with Crippen LogP contribution < -0.4 is 5.32 Å². The summed E-state index contributed by atoms with van der Waals surface area (Å²) in [5.74, 6) is 0.883. The molecule has 1 amide bonds. The zero-order chi connectivity index (χ0) is 10.8. The third-order valence-electron chi connectivity index (χ3n) is 3.80. The summed E-state index contributed by atoms with van der Waals surface area (Å²) in [6, 6.07) is 0.00690. The molecule has 0 heterocycles. The summed E-state index contributed by atoms with van der Waals surface area (Å²) >= 11 is 0. The fourth-order valence-corrected chi connectivity index (χ4v) is 2.40. The second-order valence-corrected chi connectivity index (χ2v) is 5.09. The maximum Gasteiger partial charge on any atom is 0.223 e. The molecular weight excluding hydrogens is 190 g/mol. The van der Waals surface area contributed by atoms with Gasteiger partial charge in [0, 0.05) is 5.92 Å². The van der Waals surface area contributed by atoms with Crippen LogP contribution in [0.1, 0.15) is 45.4 Å². The van der Waals surface area contributed by atoms with Gasteiger partial charge in [0.1, 0.15) is 0 Å². The lowest BCUT2D eigenvalue weighted by molar-refractivity contribution is -0.127. The van der Waals surface area contributed by atoms with Crippen molar-refractivity contribution in [3.05, 3.63) is 0 Å². The topological polar surface area (TPSA) is 49.3 Å². The third kappa shape index (κ3) is 2.71. The summed E-state index contributed by atoms with van der Waals surface area (Å²) in [6.45, 7) is 2.00. The number of aliphatic hydroxyl groups is 1. The second kappa shape index (κ2) is 4.52. The largest absolute Gasteiger partial charge is 0.391 e. The highest BCUT2D eigenvalue weighted by Crippen LogP contribution is 2.36. The van der Waals surface area contributed by atoms with Crippen LogP contribution in [0.15, 0.2) is 0 Å². The van der Waals surface area contributed by atoms with Crippen molar-refractivity contribution in [2.75, 3.05) is 0 Å². The first kappa shape index (κ1) is 10.9. The van der Waals surface area contributed by atoms with Crippen molar-refractivity contribution in [2.45, 2.75) is 57.6 Å². The molecule has 0 aromatic heterocycles. The Morgan fingerprint density at radius 1 is 1.27 bits per heavy atom. The van der Waals surface area contributed by atoms with Crippen LogP contribution in [0, 0.1) is 11.8 Å². The molecule has 15 heavy (non-hydrogen) atoms. The Morgan fingerprint density at radius 3 is 2.53 bits per heavy atom. The van der Waals surface area contributed by atoms with Crippen LogP contribution in [0.4, 0.5) is 0 Å². The number of rotatable bonds is 3. The van der Waals surface area contributed by atoms with Crippen LogP contribution in [0.3, 0.4) is 0 Å². The van der Waals surface area contributed by atoms with E-state index in [4.69, 9.17) is 0 Å². The lowest BCUT2D eigenvalue weighted by Gasteiger charge is -2.29. The van der Waals surface area contributed by atoms with Crippen LogP contribution >= 0.6 is 0 Å². The highest BCUT2D eigenvalue weighted by Gasteiger charge is 2.34. The monoisotopic (exact) mass is 211 g/mol. The molecule has 86 valence electrons. The first-order valence-electron chi connectivity index (χ1n) is 6.17. The Balaban J connectivity index is 1.81. The van der Waals surface area contributed by atoms with Crippen molar-refractivity contribution in [3.63, 3.8) is 0 Å². The van der Waals surface area contributed by atoms with E-state index in [0.717, 1.165) is 25.7 Å². The predicted octanol–water partition coefficient (Wildman–Crippen LogP) is 1.45. The quantitative estimate of drug-likeness (QED) is 0.742. The summed E-state index contributed by atoms with van der Waals surface area (Å²) in [6.07, 6.45) is 6.05. The highest BCUT2D eigenvalue weighted by molar-refractivity contribution is 5.79. The van der Waals surface area contributed by atoms with Crippen molar-refractivity contribution in [1.29, 1.82) is 0 Å². The van der Waals surface area contributed by atoms with Gasteiger partial charge in [0.25, 0.3) is 0 Å². The molecule has 0 aliphatic heterocycles. The van der Waals surface area contributed by atoms with E-state index in [1.54, 1.807) is 0 Å². The van der Waals surface area contributed by atoms with Crippen LogP contribution in [0.2, 0.25) is 0 Å². The minimum Gasteiger partial charge on any atom is -0.391 e. The van der Waals surface area contributed by atoms with Gasteiger partial charge in [0.05, 0.1) is 12.1 Å². The number of aliphatic hydroxyl groups excluding tert-OH is 1. The Hall–Kier alpha value is -0.570. The summed E-state index contributed by atoms with van der Waals surface area (Å²) in [5.41, 5.74) is 0. The lowest BCUT2D eigenvalue weighted by atomic mass is 9.92. The van der Waals surface area contributed by atoms with E-state index in [9.17, 15) is 9.90 Å². The van der Waals surface area contributed by atoms with Gasteiger partial charge in [-0.2, -0.15) is 0 Å². The lowest BCUT2D eigenvalue weighted by Crippen LogP contribution is -2.47. The fourth-order valence-electron chi connectivity index (χ4n) is 2.40. The Bertz CT molecular complexity index is 238. The molecule has 3 nitrogen and oxygen atoms in total. The average molecular weight is 211 g/mol. The smallest absolute Gasteiger partial charge is 0.223 e. The van der Waals surface area contributed by atoms with Crippen molar-refractivity contribution in [1.82, 2.24) is 5.32 Å². The van der Waals surface area contributed by atoms with Gasteiger partial charge in [-0.05, 0) is 31.6 Å². The van der Waals surface area contributed by atoms with E-state index < -0.39 is 0 Å². The molecule has 3 atom stereocenters. The van der Waals surface area contributed by atoms with E-state index in [1.165, 1.54) is 12.8 Å². The molecule has 2 aliphatic rings. The molecule has 2 saturated carbocycles. The van der Waals surface area contributed by atoms with Crippen LogP contribution in [-0.4, -0.2) is 23.2 Å². The number of nitrogens with one attached hydrogen (secondary N) is 1. The average Bonchev–Trinajstić information content (AvgIpc) is 3.04. The molecule has 2 fully saturated rings. The molecule has 0 bridgehead atoms. The molecule has 1 unspecified atom stereocenters. The van der Waals surface area contributed by atoms with Crippen molar-refractivity contribution >= 4 is 5.91 Å². The number of carbonyl (C=O) groups excluding carboxylic acids is 1. The normalized spacial score (nSPS) is 33.5. The van der Waals surface area contributed by atoms with Crippen molar-refractivity contribution in [2.24, 2.45) is 11.8 Å². The van der Waals surface area contributed by atoms with E-state index in [1.807, 2.05) is 6.92 Å². The first-order chi connectivity index (χ1) is 7.18. The molecular formula is C12H21NO2. The molecule has 0 radical (unpaired) electrons. The Kier molecular flexibility index (Phi) is 3.29. The summed E-state index contributed by atoms with van der Waals surface area (Å²) in [7, 11) is 0. The second-order valence-electron chi connectivity index (χ2n) is 5.09. The zero-order valence-corrected chi connectivity index (χ0v) is 9.41. The molecule has 2 N–H and O–H groups in total. The van der Waals surface area contributed by atoms with E-state index >= 15 is 0 Å². The van der Waals surface area contributed by atoms with Crippen LogP contribution in [0.25, 0.3) is 0 Å². The highest BCUT2D eigenvalue weighted by atomic mass is 16.3. The van der Waals surface area contributed by atoms with Gasteiger partial charge in [-0.15, -0.1) is 0 Å².